The second-order valence-corrected chi connectivity index (χ2v) is 14.6. The van der Waals surface area contributed by atoms with Gasteiger partial charge in [0.05, 0.1) is 6.33 Å². The number of rotatable bonds is 23. The summed E-state index contributed by atoms with van der Waals surface area (Å²) in [5, 5.41) is 13.8. The highest BCUT2D eigenvalue weighted by molar-refractivity contribution is 8.00. The summed E-state index contributed by atoms with van der Waals surface area (Å²) >= 11 is 2.06. The molecule has 12 nitrogen and oxygen atoms in total. The van der Waals surface area contributed by atoms with Crippen LogP contribution in [0.25, 0.3) is 11.2 Å². The highest BCUT2D eigenvalue weighted by Gasteiger charge is 2.38. The van der Waals surface area contributed by atoms with Crippen molar-refractivity contribution in [2.45, 2.75) is 133 Å². The van der Waals surface area contributed by atoms with Crippen LogP contribution in [0.3, 0.4) is 0 Å². The van der Waals surface area contributed by atoms with Gasteiger partial charge in [-0.05, 0) is 38.5 Å². The summed E-state index contributed by atoms with van der Waals surface area (Å²) in [7, 11) is 3.43. The van der Waals surface area contributed by atoms with Gasteiger partial charge in [-0.2, -0.15) is 11.8 Å². The zero-order valence-corrected chi connectivity index (χ0v) is 29.5. The molecule has 47 heavy (non-hydrogen) atoms. The van der Waals surface area contributed by atoms with E-state index in [4.69, 9.17) is 0 Å². The van der Waals surface area contributed by atoms with Crippen molar-refractivity contribution in [2.75, 3.05) is 25.5 Å². The van der Waals surface area contributed by atoms with E-state index in [0.29, 0.717) is 54.4 Å². The van der Waals surface area contributed by atoms with Gasteiger partial charge in [-0.1, -0.05) is 57.8 Å². The van der Waals surface area contributed by atoms with Crippen molar-refractivity contribution in [2.24, 2.45) is 14.1 Å². The van der Waals surface area contributed by atoms with Crippen molar-refractivity contribution < 1.29 is 9.59 Å². The minimum atomic E-state index is -0.303. The number of carbonyl (C=O) groups excluding carboxylic acids is 2. The number of hydrogen-bond donors (Lipinski definition) is 4. The van der Waals surface area contributed by atoms with Crippen LogP contribution in [0.1, 0.15) is 109 Å². The Labute approximate surface area is 283 Å². The monoisotopic (exact) mass is 674 g/mol. The van der Waals surface area contributed by atoms with Gasteiger partial charge in [-0.3, -0.25) is 34.2 Å². The number of aromatic nitrogens is 4. The Hall–Kier alpha value is -2.64. The molecular weight excluding hydrogens is 616 g/mol. The maximum absolute atomic E-state index is 12.8. The summed E-state index contributed by atoms with van der Waals surface area (Å²) in [6.07, 6.45) is 18.5. The molecule has 4 heterocycles. The Bertz CT molecular complexity index is 1390. The summed E-state index contributed by atoms with van der Waals surface area (Å²) in [5.41, 5.74) is 0.332. The predicted molar refractivity (Wildman–Crippen MR) is 190 cm³/mol. The first-order valence-electron chi connectivity index (χ1n) is 18.1. The quantitative estimate of drug-likeness (QED) is 0.132. The number of aryl methyl sites for hydroxylation is 2. The van der Waals surface area contributed by atoms with E-state index >= 15 is 0 Å². The molecule has 0 saturated carbocycles. The summed E-state index contributed by atoms with van der Waals surface area (Å²) in [6, 6.07) is 1.22. The van der Waals surface area contributed by atoms with Gasteiger partial charge in [-0.25, -0.2) is 9.78 Å². The highest BCUT2D eigenvalue weighted by Crippen LogP contribution is 2.32. The van der Waals surface area contributed by atoms with Crippen LogP contribution in [0.2, 0.25) is 0 Å². The molecule has 1 unspecified atom stereocenters. The molecule has 2 fully saturated rings. The van der Waals surface area contributed by atoms with Crippen LogP contribution >= 0.6 is 11.8 Å². The second-order valence-electron chi connectivity index (χ2n) is 13.4. The topological polar surface area (TPSA) is 144 Å². The maximum Gasteiger partial charge on any atom is 0.332 e. The van der Waals surface area contributed by atoms with Gasteiger partial charge >= 0.3 is 5.69 Å². The number of unbranched alkanes of at least 4 members (excludes halogenated alkanes) is 11. The number of fused-ring (bicyclic) bond motifs is 2. The summed E-state index contributed by atoms with van der Waals surface area (Å²) in [4.78, 5) is 53.8. The maximum atomic E-state index is 12.8. The molecule has 0 spiro atoms. The first-order chi connectivity index (χ1) is 22.9. The van der Waals surface area contributed by atoms with Gasteiger partial charge in [0.1, 0.15) is 0 Å². The minimum Gasteiger partial charge on any atom is -0.356 e. The number of amides is 2. The minimum absolute atomic E-state index is 0.129. The lowest BCUT2D eigenvalue weighted by Gasteiger charge is -2.17. The van der Waals surface area contributed by atoms with Crippen molar-refractivity contribution in [3.8, 4) is 0 Å². The van der Waals surface area contributed by atoms with E-state index in [9.17, 15) is 19.2 Å². The Morgan fingerprint density at radius 1 is 0.830 bits per heavy atom. The lowest BCUT2D eigenvalue weighted by Crippen LogP contribution is -2.39. The van der Waals surface area contributed by atoms with E-state index in [2.05, 4.69) is 38.0 Å². The number of nitrogens with zero attached hydrogens (tertiary/aromatic N) is 4. The third-order valence-electron chi connectivity index (χ3n) is 9.65. The predicted octanol–water partition coefficient (Wildman–Crippen LogP) is 3.30. The first-order valence-corrected chi connectivity index (χ1v) is 19.1. The zero-order chi connectivity index (χ0) is 33.4. The normalized spacial score (nSPS) is 19.0. The molecule has 2 amide bonds. The average Bonchev–Trinajstić information content (AvgIpc) is 3.79. The largest absolute Gasteiger partial charge is 0.356 e. The number of thioether (sulfide) groups is 1. The van der Waals surface area contributed by atoms with Crippen LogP contribution in [0.5, 0.6) is 0 Å². The summed E-state index contributed by atoms with van der Waals surface area (Å²) in [6.45, 7) is 2.81. The lowest BCUT2D eigenvalue weighted by molar-refractivity contribution is -0.122. The molecule has 2 aromatic heterocycles. The van der Waals surface area contributed by atoms with Crippen molar-refractivity contribution >= 4 is 34.7 Å². The van der Waals surface area contributed by atoms with Crippen molar-refractivity contribution in [3.63, 3.8) is 0 Å². The fourth-order valence-electron chi connectivity index (χ4n) is 6.80. The fraction of sp³-hybridized carbons (Fsp3) is 0.794. The van der Waals surface area contributed by atoms with Crippen LogP contribution < -0.4 is 32.5 Å². The summed E-state index contributed by atoms with van der Waals surface area (Å²) < 4.78 is 4.46. The third-order valence-corrected chi connectivity index (χ3v) is 11.2. The Balaban J connectivity index is 0.884. The molecule has 2 aromatic rings. The van der Waals surface area contributed by atoms with Gasteiger partial charge in [0.2, 0.25) is 11.8 Å². The van der Waals surface area contributed by atoms with Gasteiger partial charge in [0.25, 0.3) is 5.56 Å². The molecule has 4 rings (SSSR count). The van der Waals surface area contributed by atoms with E-state index in [-0.39, 0.29) is 23.1 Å². The van der Waals surface area contributed by atoms with Crippen LogP contribution in [0, 0.1) is 0 Å². The Kier molecular flexibility index (Phi) is 15.8. The standard InChI is InChI=1S/C34H58N8O4S/c1-40-25-39-32-31(40)33(45)42(34(46)41(32)2)22-16-9-7-5-3-4-6-8-14-20-35-28(43)18-11-10-15-21-36-29(44)19-13-12-17-27-30-26(23-47-27)37-24-38-30/h25-27,30,37-38H,3-24H2,1-2H3,(H,35,43)(H,36,44)/t26-,27?,30-/m0/s1. The average molecular weight is 675 g/mol. The molecule has 13 heteroatoms. The number of imidazole rings is 1. The van der Waals surface area contributed by atoms with E-state index in [1.165, 1.54) is 40.6 Å². The van der Waals surface area contributed by atoms with Gasteiger partial charge in [0, 0.05) is 76.3 Å². The Morgan fingerprint density at radius 3 is 2.11 bits per heavy atom. The van der Waals surface area contributed by atoms with Crippen LogP contribution in [-0.4, -0.2) is 73.3 Å². The molecule has 2 saturated heterocycles. The Morgan fingerprint density at radius 2 is 1.43 bits per heavy atom. The van der Waals surface area contributed by atoms with E-state index < -0.39 is 0 Å². The number of hydrogen-bond acceptors (Lipinski definition) is 8. The smallest absolute Gasteiger partial charge is 0.332 e. The number of nitrogens with one attached hydrogen (secondary N) is 4. The molecule has 2 aliphatic rings. The van der Waals surface area contributed by atoms with Crippen molar-refractivity contribution in [1.29, 1.82) is 0 Å². The van der Waals surface area contributed by atoms with E-state index in [1.807, 2.05) is 0 Å². The fourth-order valence-corrected chi connectivity index (χ4v) is 8.41. The molecular formula is C34H58N8O4S. The van der Waals surface area contributed by atoms with E-state index in [0.717, 1.165) is 83.8 Å². The first kappa shape index (κ1) is 37.2. The van der Waals surface area contributed by atoms with Gasteiger partial charge < -0.3 is 15.2 Å². The molecule has 0 radical (unpaired) electrons. The van der Waals surface area contributed by atoms with Crippen molar-refractivity contribution in [3.05, 3.63) is 27.2 Å². The van der Waals surface area contributed by atoms with E-state index in [1.54, 1.807) is 25.0 Å². The molecule has 0 aliphatic carbocycles. The second kappa shape index (κ2) is 20.0. The van der Waals surface area contributed by atoms with Crippen molar-refractivity contribution in [1.82, 2.24) is 40.0 Å². The number of carbonyl (C=O) groups is 2. The molecule has 2 aliphatic heterocycles. The van der Waals surface area contributed by atoms with Crippen LogP contribution in [-0.2, 0) is 30.2 Å². The highest BCUT2D eigenvalue weighted by atomic mass is 32.2. The third kappa shape index (κ3) is 11.5. The molecule has 4 N–H and O–H groups in total. The zero-order valence-electron chi connectivity index (χ0n) is 28.7. The summed E-state index contributed by atoms with van der Waals surface area (Å²) in [5.74, 6) is 1.48. The van der Waals surface area contributed by atoms with Gasteiger partial charge in [-0.15, -0.1) is 0 Å². The SMILES string of the molecule is Cn1cnc2c1c(=O)n(CCCCCCCCCCCNC(=O)CCCCCNC(=O)CCCCC1SC[C@@H]3NCN[C@H]13)c(=O)n2C. The molecule has 3 atom stereocenters. The van der Waals surface area contributed by atoms with Gasteiger partial charge in [0.15, 0.2) is 11.2 Å². The lowest BCUT2D eigenvalue weighted by atomic mass is 10.0. The molecule has 0 bridgehead atoms. The van der Waals surface area contributed by atoms with Crippen LogP contribution in [0.4, 0.5) is 0 Å². The molecule has 264 valence electrons. The molecule has 0 aromatic carbocycles. The van der Waals surface area contributed by atoms with Crippen LogP contribution in [0.15, 0.2) is 15.9 Å².